The van der Waals surface area contributed by atoms with Crippen molar-refractivity contribution in [1.82, 2.24) is 4.57 Å². The van der Waals surface area contributed by atoms with Gasteiger partial charge in [0.2, 0.25) is 0 Å². The number of hydrogen-bond acceptors (Lipinski definition) is 1. The molecule has 1 heterocycles. The lowest BCUT2D eigenvalue weighted by molar-refractivity contribution is 0.605. The Morgan fingerprint density at radius 3 is 2.44 bits per heavy atom. The summed E-state index contributed by atoms with van der Waals surface area (Å²) < 4.78 is 2.48. The molecule has 98 valence electrons. The first-order valence-corrected chi connectivity index (χ1v) is 7.76. The van der Waals surface area contributed by atoms with E-state index in [1.54, 1.807) is 0 Å². The van der Waals surface area contributed by atoms with Crippen molar-refractivity contribution in [2.75, 3.05) is 0 Å². The average Bonchev–Trinajstić information content (AvgIpc) is 2.63. The van der Waals surface area contributed by atoms with Crippen molar-refractivity contribution in [2.45, 2.75) is 51.7 Å². The summed E-state index contributed by atoms with van der Waals surface area (Å²) in [6.45, 7) is 11.2. The van der Waals surface area contributed by atoms with E-state index in [2.05, 4.69) is 63.5 Å². The van der Waals surface area contributed by atoms with Crippen molar-refractivity contribution in [3.8, 4) is 0 Å². The van der Waals surface area contributed by atoms with Gasteiger partial charge in [-0.15, -0.1) is 0 Å². The molecule has 0 fully saturated rings. The SMILES string of the molecule is Cc1ccc2cc(CSC(C)C)n(C(C)C)c2c1. The first kappa shape index (κ1) is 13.5. The Bertz CT molecular complexity index is 537. The molecule has 0 aliphatic heterocycles. The fourth-order valence-corrected chi connectivity index (χ4v) is 3.09. The number of aromatic nitrogens is 1. The minimum atomic E-state index is 0.520. The Labute approximate surface area is 115 Å². The van der Waals surface area contributed by atoms with Gasteiger partial charge in [-0.3, -0.25) is 0 Å². The molecule has 1 aromatic carbocycles. The van der Waals surface area contributed by atoms with Crippen LogP contribution in [0.15, 0.2) is 24.3 Å². The third-order valence-corrected chi connectivity index (χ3v) is 4.29. The van der Waals surface area contributed by atoms with Crippen molar-refractivity contribution < 1.29 is 0 Å². The molecule has 18 heavy (non-hydrogen) atoms. The van der Waals surface area contributed by atoms with Gasteiger partial charge in [-0.2, -0.15) is 11.8 Å². The summed E-state index contributed by atoms with van der Waals surface area (Å²) >= 11 is 2.01. The topological polar surface area (TPSA) is 4.93 Å². The monoisotopic (exact) mass is 261 g/mol. The highest BCUT2D eigenvalue weighted by Crippen LogP contribution is 2.28. The fraction of sp³-hybridized carbons (Fsp3) is 0.500. The first-order valence-electron chi connectivity index (χ1n) is 6.71. The van der Waals surface area contributed by atoms with E-state index in [0.29, 0.717) is 11.3 Å². The minimum absolute atomic E-state index is 0.520. The van der Waals surface area contributed by atoms with Gasteiger partial charge < -0.3 is 4.57 Å². The van der Waals surface area contributed by atoms with Crippen LogP contribution >= 0.6 is 11.8 Å². The molecule has 2 aromatic rings. The summed E-state index contributed by atoms with van der Waals surface area (Å²) in [6.07, 6.45) is 0. The van der Waals surface area contributed by atoms with E-state index in [1.165, 1.54) is 22.2 Å². The number of aryl methyl sites for hydroxylation is 1. The second kappa shape index (κ2) is 5.40. The molecule has 2 rings (SSSR count). The first-order chi connectivity index (χ1) is 8.49. The van der Waals surface area contributed by atoms with E-state index >= 15 is 0 Å². The summed E-state index contributed by atoms with van der Waals surface area (Å²) in [5.74, 6) is 1.10. The van der Waals surface area contributed by atoms with E-state index in [1.807, 2.05) is 11.8 Å². The smallest absolute Gasteiger partial charge is 0.0487 e. The molecule has 0 bridgehead atoms. The second-order valence-electron chi connectivity index (χ2n) is 5.52. The minimum Gasteiger partial charge on any atom is -0.341 e. The fourth-order valence-electron chi connectivity index (χ4n) is 2.36. The molecule has 0 aliphatic rings. The standard InChI is InChI=1S/C16H23NS/c1-11(2)17-15(10-18-12(3)4)9-14-7-6-13(5)8-16(14)17/h6-9,11-12H,10H2,1-5H3. The normalized spacial score (nSPS) is 11.9. The lowest BCUT2D eigenvalue weighted by Gasteiger charge is -2.15. The third kappa shape index (κ3) is 2.74. The van der Waals surface area contributed by atoms with Crippen LogP contribution in [0.3, 0.4) is 0 Å². The molecule has 0 N–H and O–H groups in total. The third-order valence-electron chi connectivity index (χ3n) is 3.16. The van der Waals surface area contributed by atoms with Crippen LogP contribution in [0.2, 0.25) is 0 Å². The van der Waals surface area contributed by atoms with E-state index in [0.717, 1.165) is 5.75 Å². The molecule has 1 nitrogen and oxygen atoms in total. The van der Waals surface area contributed by atoms with Crippen LogP contribution in [0.5, 0.6) is 0 Å². The molecular weight excluding hydrogens is 238 g/mol. The van der Waals surface area contributed by atoms with Crippen LogP contribution in [-0.4, -0.2) is 9.82 Å². The van der Waals surface area contributed by atoms with Crippen LogP contribution in [0, 0.1) is 6.92 Å². The zero-order valence-corrected chi connectivity index (χ0v) is 12.8. The summed E-state index contributed by atoms with van der Waals surface area (Å²) in [6, 6.07) is 9.62. The summed E-state index contributed by atoms with van der Waals surface area (Å²) in [7, 11) is 0. The molecule has 0 saturated heterocycles. The summed E-state index contributed by atoms with van der Waals surface area (Å²) in [4.78, 5) is 0. The number of hydrogen-bond donors (Lipinski definition) is 0. The largest absolute Gasteiger partial charge is 0.341 e. The maximum absolute atomic E-state index is 2.48. The van der Waals surface area contributed by atoms with Crippen molar-refractivity contribution in [1.29, 1.82) is 0 Å². The van der Waals surface area contributed by atoms with E-state index in [-0.39, 0.29) is 0 Å². The van der Waals surface area contributed by atoms with Gasteiger partial charge >= 0.3 is 0 Å². The predicted molar refractivity (Wildman–Crippen MR) is 83.5 cm³/mol. The highest BCUT2D eigenvalue weighted by atomic mass is 32.2. The van der Waals surface area contributed by atoms with Crippen LogP contribution in [0.1, 0.15) is 45.0 Å². The van der Waals surface area contributed by atoms with E-state index in [4.69, 9.17) is 0 Å². The lowest BCUT2D eigenvalue weighted by atomic mass is 10.2. The number of rotatable bonds is 4. The number of benzene rings is 1. The summed E-state index contributed by atoms with van der Waals surface area (Å²) in [5, 5.41) is 2.05. The maximum Gasteiger partial charge on any atom is 0.0487 e. The van der Waals surface area contributed by atoms with Gasteiger partial charge in [-0.25, -0.2) is 0 Å². The van der Waals surface area contributed by atoms with Crippen molar-refractivity contribution in [3.05, 3.63) is 35.5 Å². The van der Waals surface area contributed by atoms with Gasteiger partial charge in [-0.1, -0.05) is 26.0 Å². The quantitative estimate of drug-likeness (QED) is 0.735. The van der Waals surface area contributed by atoms with Gasteiger partial charge in [0.05, 0.1) is 0 Å². The summed E-state index contributed by atoms with van der Waals surface area (Å²) in [5.41, 5.74) is 4.17. The number of fused-ring (bicyclic) bond motifs is 1. The van der Waals surface area contributed by atoms with E-state index < -0.39 is 0 Å². The van der Waals surface area contributed by atoms with E-state index in [9.17, 15) is 0 Å². The molecule has 0 aliphatic carbocycles. The Morgan fingerprint density at radius 1 is 1.11 bits per heavy atom. The average molecular weight is 261 g/mol. The molecule has 1 aromatic heterocycles. The van der Waals surface area contributed by atoms with Gasteiger partial charge in [-0.05, 0) is 49.1 Å². The van der Waals surface area contributed by atoms with Crippen LogP contribution in [0.25, 0.3) is 10.9 Å². The molecule has 0 amide bonds. The Balaban J connectivity index is 2.48. The van der Waals surface area contributed by atoms with Crippen molar-refractivity contribution >= 4 is 22.7 Å². The molecule has 0 unspecified atom stereocenters. The number of nitrogens with zero attached hydrogens (tertiary/aromatic N) is 1. The van der Waals surface area contributed by atoms with Gasteiger partial charge in [0.1, 0.15) is 0 Å². The van der Waals surface area contributed by atoms with Crippen LogP contribution < -0.4 is 0 Å². The molecule has 2 heteroatoms. The lowest BCUT2D eigenvalue weighted by Crippen LogP contribution is -2.05. The highest BCUT2D eigenvalue weighted by Gasteiger charge is 2.12. The van der Waals surface area contributed by atoms with Gasteiger partial charge in [0, 0.05) is 23.0 Å². The van der Waals surface area contributed by atoms with Crippen molar-refractivity contribution in [3.63, 3.8) is 0 Å². The van der Waals surface area contributed by atoms with Crippen LogP contribution in [-0.2, 0) is 5.75 Å². The Morgan fingerprint density at radius 2 is 1.83 bits per heavy atom. The molecule has 0 radical (unpaired) electrons. The molecule has 0 saturated carbocycles. The highest BCUT2D eigenvalue weighted by molar-refractivity contribution is 7.99. The molecule has 0 spiro atoms. The number of thioether (sulfide) groups is 1. The van der Waals surface area contributed by atoms with Crippen molar-refractivity contribution in [2.24, 2.45) is 0 Å². The Kier molecular flexibility index (Phi) is 4.06. The molecular formula is C16H23NS. The Hall–Kier alpha value is -0.890. The predicted octanol–water partition coefficient (Wildman–Crippen LogP) is 5.17. The zero-order chi connectivity index (χ0) is 13.3. The second-order valence-corrected chi connectivity index (χ2v) is 7.09. The molecule has 0 atom stereocenters. The van der Waals surface area contributed by atoms with Crippen LogP contribution in [0.4, 0.5) is 0 Å². The van der Waals surface area contributed by atoms with Gasteiger partial charge in [0.15, 0.2) is 0 Å². The van der Waals surface area contributed by atoms with Gasteiger partial charge in [0.25, 0.3) is 0 Å². The maximum atomic E-state index is 2.48. The zero-order valence-electron chi connectivity index (χ0n) is 12.0.